The Hall–Kier alpha value is -5.91. The van der Waals surface area contributed by atoms with Crippen LogP contribution in [0.15, 0.2) is 91.0 Å². The number of urea groups is 3. The number of amides is 6. The molecule has 0 unspecified atom stereocenters. The molecular formula is C27H27N9O3. The highest BCUT2D eigenvalue weighted by molar-refractivity contribution is 6.05. The maximum atomic E-state index is 12.6. The Labute approximate surface area is 224 Å². The summed E-state index contributed by atoms with van der Waals surface area (Å²) < 4.78 is 0. The normalized spacial score (nSPS) is 10.2. The van der Waals surface area contributed by atoms with E-state index in [4.69, 9.17) is 17.2 Å². The lowest BCUT2D eigenvalue weighted by Crippen LogP contribution is -2.22. The molecule has 0 spiro atoms. The van der Waals surface area contributed by atoms with Crippen LogP contribution in [0.3, 0.4) is 0 Å². The van der Waals surface area contributed by atoms with Crippen molar-refractivity contribution in [2.45, 2.75) is 0 Å². The minimum atomic E-state index is -0.541. The van der Waals surface area contributed by atoms with E-state index in [2.05, 4.69) is 31.9 Å². The fourth-order valence-electron chi connectivity index (χ4n) is 3.42. The molecule has 0 aliphatic heterocycles. The zero-order valence-electron chi connectivity index (χ0n) is 20.6. The molecule has 0 atom stereocenters. The largest absolute Gasteiger partial charge is 0.399 e. The monoisotopic (exact) mass is 525 g/mol. The first kappa shape index (κ1) is 26.2. The topological polar surface area (TPSA) is 201 Å². The predicted octanol–water partition coefficient (Wildman–Crippen LogP) is 5.37. The van der Waals surface area contributed by atoms with Gasteiger partial charge in [-0.1, -0.05) is 0 Å². The quantitative estimate of drug-likeness (QED) is 0.151. The van der Waals surface area contributed by atoms with E-state index >= 15 is 0 Å². The van der Waals surface area contributed by atoms with E-state index in [1.165, 1.54) is 18.2 Å². The van der Waals surface area contributed by atoms with Crippen molar-refractivity contribution >= 4 is 69.3 Å². The van der Waals surface area contributed by atoms with Crippen LogP contribution in [0.5, 0.6) is 0 Å². The van der Waals surface area contributed by atoms with E-state index in [1.807, 2.05) is 0 Å². The van der Waals surface area contributed by atoms with Gasteiger partial charge in [0, 0.05) is 51.2 Å². The second kappa shape index (κ2) is 11.9. The van der Waals surface area contributed by atoms with E-state index in [0.717, 1.165) is 0 Å². The van der Waals surface area contributed by atoms with Crippen molar-refractivity contribution in [2.75, 3.05) is 49.1 Å². The minimum Gasteiger partial charge on any atom is -0.399 e. The van der Waals surface area contributed by atoms with Gasteiger partial charge in [0.2, 0.25) is 0 Å². The summed E-state index contributed by atoms with van der Waals surface area (Å²) in [6.45, 7) is 0. The van der Waals surface area contributed by atoms with Crippen molar-refractivity contribution in [3.05, 3.63) is 91.0 Å². The highest BCUT2D eigenvalue weighted by Gasteiger charge is 2.11. The average Bonchev–Trinajstić information content (AvgIpc) is 2.88. The van der Waals surface area contributed by atoms with Crippen molar-refractivity contribution in [1.82, 2.24) is 0 Å². The van der Waals surface area contributed by atoms with Crippen molar-refractivity contribution in [3.63, 3.8) is 0 Å². The zero-order valence-corrected chi connectivity index (χ0v) is 20.6. The molecule has 0 bridgehead atoms. The molecule has 0 aliphatic carbocycles. The van der Waals surface area contributed by atoms with Crippen LogP contribution in [0.2, 0.25) is 0 Å². The lowest BCUT2D eigenvalue weighted by Gasteiger charge is -2.14. The number of anilines is 9. The number of hydrogen-bond acceptors (Lipinski definition) is 6. The summed E-state index contributed by atoms with van der Waals surface area (Å²) in [5.74, 6) is 0. The first-order valence-corrected chi connectivity index (χ1v) is 11.7. The molecular weight excluding hydrogens is 498 g/mol. The van der Waals surface area contributed by atoms with Gasteiger partial charge in [-0.15, -0.1) is 0 Å². The Balaban J connectivity index is 1.49. The zero-order chi connectivity index (χ0) is 27.8. The number of carbonyl (C=O) groups is 3. The second-order valence-electron chi connectivity index (χ2n) is 8.40. The summed E-state index contributed by atoms with van der Waals surface area (Å²) in [7, 11) is 0. The number of benzene rings is 4. The van der Waals surface area contributed by atoms with Crippen LogP contribution in [0.25, 0.3) is 0 Å². The Morgan fingerprint density at radius 1 is 0.359 bits per heavy atom. The fourth-order valence-corrected chi connectivity index (χ4v) is 3.42. The van der Waals surface area contributed by atoms with E-state index in [9.17, 15) is 14.4 Å². The molecule has 0 aromatic heterocycles. The fraction of sp³-hybridized carbons (Fsp3) is 0. The number of carbonyl (C=O) groups excluding carboxylic acids is 3. The molecule has 4 aromatic carbocycles. The van der Waals surface area contributed by atoms with Gasteiger partial charge in [0.05, 0.1) is 0 Å². The molecule has 6 amide bonds. The Morgan fingerprint density at radius 2 is 0.564 bits per heavy atom. The molecule has 0 radical (unpaired) electrons. The number of nitrogens with two attached hydrogens (primary N) is 3. The van der Waals surface area contributed by atoms with Gasteiger partial charge in [-0.2, -0.15) is 0 Å². The first-order chi connectivity index (χ1) is 18.7. The summed E-state index contributed by atoms with van der Waals surface area (Å²) in [6, 6.07) is 22.8. The molecule has 39 heavy (non-hydrogen) atoms. The first-order valence-electron chi connectivity index (χ1n) is 11.7. The summed E-state index contributed by atoms with van der Waals surface area (Å²) >= 11 is 0. The van der Waals surface area contributed by atoms with Gasteiger partial charge in [-0.3, -0.25) is 0 Å². The third-order valence-corrected chi connectivity index (χ3v) is 5.21. The molecule has 0 fully saturated rings. The molecule has 4 aromatic rings. The van der Waals surface area contributed by atoms with Crippen molar-refractivity contribution in [2.24, 2.45) is 0 Å². The standard InChI is InChI=1S/C27H27N9O3/c28-16-1-7-19(8-2-16)31-25(37)34-22-13-23(35-26(38)32-20-9-3-17(29)4-10-20)15-24(14-22)36-27(39)33-21-11-5-18(30)6-12-21/h1-15H,28-30H2,(H2,31,34,37)(H2,32,35,38)(H2,33,36,39). The van der Waals surface area contributed by atoms with E-state index in [-0.39, 0.29) is 0 Å². The summed E-state index contributed by atoms with van der Waals surface area (Å²) in [5.41, 5.74) is 21.2. The Kier molecular flexibility index (Phi) is 7.97. The van der Waals surface area contributed by atoms with E-state index in [1.54, 1.807) is 72.8 Å². The van der Waals surface area contributed by atoms with Gasteiger partial charge in [0.1, 0.15) is 0 Å². The summed E-state index contributed by atoms with van der Waals surface area (Å²) in [4.78, 5) is 37.8. The van der Waals surface area contributed by atoms with Crippen LogP contribution in [0.4, 0.5) is 65.6 Å². The third-order valence-electron chi connectivity index (χ3n) is 5.21. The van der Waals surface area contributed by atoms with E-state index in [0.29, 0.717) is 51.2 Å². The van der Waals surface area contributed by atoms with E-state index < -0.39 is 18.1 Å². The maximum Gasteiger partial charge on any atom is 0.323 e. The number of rotatable bonds is 6. The predicted molar refractivity (Wildman–Crippen MR) is 157 cm³/mol. The van der Waals surface area contributed by atoms with Crippen LogP contribution in [-0.2, 0) is 0 Å². The highest BCUT2D eigenvalue weighted by atomic mass is 16.2. The SMILES string of the molecule is Nc1ccc(NC(=O)Nc2cc(NC(=O)Nc3ccc(N)cc3)cc(NC(=O)Nc3ccc(N)cc3)c2)cc1. The molecule has 0 aliphatic rings. The molecule has 12 heteroatoms. The van der Waals surface area contributed by atoms with Gasteiger partial charge in [-0.25, -0.2) is 14.4 Å². The van der Waals surface area contributed by atoms with Crippen LogP contribution in [0, 0.1) is 0 Å². The van der Waals surface area contributed by atoms with Crippen LogP contribution in [0.1, 0.15) is 0 Å². The second-order valence-corrected chi connectivity index (χ2v) is 8.40. The number of hydrogen-bond donors (Lipinski definition) is 9. The minimum absolute atomic E-state index is 0.302. The maximum absolute atomic E-state index is 12.6. The molecule has 0 saturated carbocycles. The smallest absolute Gasteiger partial charge is 0.323 e. The Morgan fingerprint density at radius 3 is 0.795 bits per heavy atom. The van der Waals surface area contributed by atoms with Gasteiger partial charge < -0.3 is 49.1 Å². The van der Waals surface area contributed by atoms with Crippen LogP contribution >= 0.6 is 0 Å². The van der Waals surface area contributed by atoms with Gasteiger partial charge in [-0.05, 0) is 91.0 Å². The Bertz CT molecular complexity index is 1280. The van der Waals surface area contributed by atoms with Crippen LogP contribution in [-0.4, -0.2) is 18.1 Å². The molecule has 0 heterocycles. The number of nitrogen functional groups attached to an aromatic ring is 3. The van der Waals surface area contributed by atoms with Gasteiger partial charge >= 0.3 is 18.1 Å². The van der Waals surface area contributed by atoms with Gasteiger partial charge in [0.25, 0.3) is 0 Å². The summed E-state index contributed by atoms with van der Waals surface area (Å²) in [6.07, 6.45) is 0. The lowest BCUT2D eigenvalue weighted by atomic mass is 10.2. The summed E-state index contributed by atoms with van der Waals surface area (Å²) in [5, 5.41) is 16.1. The molecule has 4 rings (SSSR count). The molecule has 12 nitrogen and oxygen atoms in total. The third kappa shape index (κ3) is 8.05. The van der Waals surface area contributed by atoms with Crippen molar-refractivity contribution < 1.29 is 14.4 Å². The molecule has 12 N–H and O–H groups in total. The van der Waals surface area contributed by atoms with Crippen LogP contribution < -0.4 is 49.1 Å². The van der Waals surface area contributed by atoms with Crippen molar-refractivity contribution in [1.29, 1.82) is 0 Å². The van der Waals surface area contributed by atoms with Crippen molar-refractivity contribution in [3.8, 4) is 0 Å². The highest BCUT2D eigenvalue weighted by Crippen LogP contribution is 2.24. The molecule has 198 valence electrons. The number of nitrogens with one attached hydrogen (secondary N) is 6. The van der Waals surface area contributed by atoms with Gasteiger partial charge in [0.15, 0.2) is 0 Å². The molecule has 0 saturated heterocycles. The average molecular weight is 526 g/mol. The lowest BCUT2D eigenvalue weighted by molar-refractivity contribution is 0.261.